The van der Waals surface area contributed by atoms with E-state index in [9.17, 15) is 4.79 Å². The van der Waals surface area contributed by atoms with Crippen LogP contribution in [0.1, 0.15) is 39.0 Å². The van der Waals surface area contributed by atoms with Crippen LogP contribution in [0.4, 0.5) is 4.79 Å². The number of ether oxygens (including phenoxy) is 1. The van der Waals surface area contributed by atoms with Gasteiger partial charge in [-0.1, -0.05) is 0 Å². The van der Waals surface area contributed by atoms with E-state index < -0.39 is 0 Å². The van der Waals surface area contributed by atoms with Gasteiger partial charge in [0.25, 0.3) is 0 Å². The molecule has 0 aromatic heterocycles. The Balaban J connectivity index is 1.64. The van der Waals surface area contributed by atoms with Gasteiger partial charge < -0.3 is 19.9 Å². The van der Waals surface area contributed by atoms with Crippen molar-refractivity contribution in [3.8, 4) is 0 Å². The maximum atomic E-state index is 12.3. The minimum Gasteiger partial charge on any atom is -0.381 e. The van der Waals surface area contributed by atoms with Crippen LogP contribution in [0, 0.1) is 11.8 Å². The summed E-state index contributed by atoms with van der Waals surface area (Å²) in [5, 5.41) is 3.16. The average molecular weight is 311 g/mol. The third-order valence-electron chi connectivity index (χ3n) is 5.14. The van der Waals surface area contributed by atoms with Crippen molar-refractivity contribution in [2.45, 2.75) is 45.1 Å². The lowest BCUT2D eigenvalue weighted by molar-refractivity contribution is 0.155. The topological polar surface area (TPSA) is 44.8 Å². The smallest absolute Gasteiger partial charge is 0.317 e. The van der Waals surface area contributed by atoms with Gasteiger partial charge in [-0.2, -0.15) is 0 Å². The molecule has 2 atom stereocenters. The van der Waals surface area contributed by atoms with Gasteiger partial charge in [-0.3, -0.25) is 0 Å². The number of amides is 2. The Morgan fingerprint density at radius 1 is 1.32 bits per heavy atom. The lowest BCUT2D eigenvalue weighted by Crippen LogP contribution is -2.49. The van der Waals surface area contributed by atoms with Crippen molar-refractivity contribution >= 4 is 6.03 Å². The van der Waals surface area contributed by atoms with Gasteiger partial charge in [0.2, 0.25) is 0 Å². The molecular formula is C17H33N3O2. The summed E-state index contributed by atoms with van der Waals surface area (Å²) in [5.74, 6) is 1.28. The van der Waals surface area contributed by atoms with E-state index in [2.05, 4.69) is 31.2 Å². The standard InChI is InChI=1S/C17H33N3O2/c1-14(16-8-12-22-13-16)18-17(21)20-10-6-15(7-11-20)5-4-9-19(2)3/h14-16H,4-13H2,1-3H3,(H,18,21). The molecule has 128 valence electrons. The minimum absolute atomic E-state index is 0.117. The number of hydrogen-bond donors (Lipinski definition) is 1. The van der Waals surface area contributed by atoms with E-state index in [0.717, 1.165) is 51.5 Å². The summed E-state index contributed by atoms with van der Waals surface area (Å²) in [6.07, 6.45) is 5.94. The molecule has 2 unspecified atom stereocenters. The van der Waals surface area contributed by atoms with E-state index in [-0.39, 0.29) is 12.1 Å². The Kier molecular flexibility index (Phi) is 6.96. The van der Waals surface area contributed by atoms with Gasteiger partial charge in [-0.15, -0.1) is 0 Å². The minimum atomic E-state index is 0.117. The van der Waals surface area contributed by atoms with Crippen LogP contribution in [0.15, 0.2) is 0 Å². The number of carbonyl (C=O) groups is 1. The number of piperidine rings is 1. The van der Waals surface area contributed by atoms with Gasteiger partial charge in [0.05, 0.1) is 6.61 Å². The number of rotatable bonds is 6. The highest BCUT2D eigenvalue weighted by molar-refractivity contribution is 5.74. The van der Waals surface area contributed by atoms with E-state index in [4.69, 9.17) is 4.74 Å². The molecule has 22 heavy (non-hydrogen) atoms. The zero-order valence-electron chi connectivity index (χ0n) is 14.5. The van der Waals surface area contributed by atoms with Gasteiger partial charge >= 0.3 is 6.03 Å². The molecule has 5 nitrogen and oxygen atoms in total. The Hall–Kier alpha value is -0.810. The maximum absolute atomic E-state index is 12.3. The lowest BCUT2D eigenvalue weighted by Gasteiger charge is -2.33. The predicted molar refractivity (Wildman–Crippen MR) is 89.0 cm³/mol. The fourth-order valence-corrected chi connectivity index (χ4v) is 3.47. The normalized spacial score (nSPS) is 24.7. The fourth-order valence-electron chi connectivity index (χ4n) is 3.47. The van der Waals surface area contributed by atoms with Crippen LogP contribution >= 0.6 is 0 Å². The van der Waals surface area contributed by atoms with E-state index in [1.54, 1.807) is 0 Å². The van der Waals surface area contributed by atoms with Gasteiger partial charge in [-0.25, -0.2) is 4.79 Å². The molecule has 0 aromatic rings. The van der Waals surface area contributed by atoms with Crippen LogP contribution in [0.3, 0.4) is 0 Å². The highest BCUT2D eigenvalue weighted by Gasteiger charge is 2.27. The van der Waals surface area contributed by atoms with Crippen LogP contribution < -0.4 is 5.32 Å². The first-order valence-electron chi connectivity index (χ1n) is 8.84. The molecule has 2 fully saturated rings. The van der Waals surface area contributed by atoms with Gasteiger partial charge in [0, 0.05) is 31.7 Å². The van der Waals surface area contributed by atoms with Crippen molar-refractivity contribution in [1.82, 2.24) is 15.1 Å². The Bertz CT molecular complexity index is 335. The zero-order valence-corrected chi connectivity index (χ0v) is 14.5. The maximum Gasteiger partial charge on any atom is 0.317 e. The summed E-state index contributed by atoms with van der Waals surface area (Å²) in [5.41, 5.74) is 0. The van der Waals surface area contributed by atoms with Crippen LogP contribution in [0.25, 0.3) is 0 Å². The quantitative estimate of drug-likeness (QED) is 0.818. The van der Waals surface area contributed by atoms with E-state index in [0.29, 0.717) is 5.92 Å². The Morgan fingerprint density at radius 2 is 2.05 bits per heavy atom. The molecule has 2 rings (SSSR count). The molecule has 2 heterocycles. The van der Waals surface area contributed by atoms with E-state index in [1.807, 2.05) is 4.90 Å². The second-order valence-electron chi connectivity index (χ2n) is 7.24. The molecule has 0 spiro atoms. The number of likely N-dealkylation sites (tertiary alicyclic amines) is 1. The van der Waals surface area contributed by atoms with E-state index >= 15 is 0 Å². The molecule has 0 aromatic carbocycles. The van der Waals surface area contributed by atoms with E-state index in [1.165, 1.54) is 19.4 Å². The number of carbonyl (C=O) groups excluding carboxylic acids is 1. The summed E-state index contributed by atoms with van der Waals surface area (Å²) >= 11 is 0. The first-order chi connectivity index (χ1) is 10.6. The third kappa shape index (κ3) is 5.43. The first-order valence-corrected chi connectivity index (χ1v) is 8.84. The second-order valence-corrected chi connectivity index (χ2v) is 7.24. The molecule has 2 saturated heterocycles. The monoisotopic (exact) mass is 311 g/mol. The highest BCUT2D eigenvalue weighted by Crippen LogP contribution is 2.22. The van der Waals surface area contributed by atoms with Crippen LogP contribution in [0.2, 0.25) is 0 Å². The average Bonchev–Trinajstić information content (AvgIpc) is 3.02. The van der Waals surface area contributed by atoms with Crippen LogP contribution in [-0.2, 0) is 4.74 Å². The second kappa shape index (κ2) is 8.73. The summed E-state index contributed by atoms with van der Waals surface area (Å²) < 4.78 is 5.41. The number of nitrogens with zero attached hydrogens (tertiary/aromatic N) is 2. The molecular weight excluding hydrogens is 278 g/mol. The van der Waals surface area contributed by atoms with Crippen molar-refractivity contribution < 1.29 is 9.53 Å². The summed E-state index contributed by atoms with van der Waals surface area (Å²) in [7, 11) is 4.26. The Labute approximate surface area is 135 Å². The van der Waals surface area contributed by atoms with Crippen LogP contribution in [0.5, 0.6) is 0 Å². The van der Waals surface area contributed by atoms with Crippen molar-refractivity contribution in [3.05, 3.63) is 0 Å². The predicted octanol–water partition coefficient (Wildman–Crippen LogP) is 2.17. The zero-order chi connectivity index (χ0) is 15.9. The summed E-state index contributed by atoms with van der Waals surface area (Å²) in [6, 6.07) is 0.332. The molecule has 5 heteroatoms. The number of nitrogens with one attached hydrogen (secondary N) is 1. The number of hydrogen-bond acceptors (Lipinski definition) is 3. The molecule has 0 bridgehead atoms. The fraction of sp³-hybridized carbons (Fsp3) is 0.941. The first kappa shape index (κ1) is 17.5. The molecule has 2 aliphatic heterocycles. The molecule has 0 saturated carbocycles. The van der Waals surface area contributed by atoms with Crippen molar-refractivity contribution in [2.24, 2.45) is 11.8 Å². The van der Waals surface area contributed by atoms with Crippen molar-refractivity contribution in [1.29, 1.82) is 0 Å². The molecule has 2 amide bonds. The van der Waals surface area contributed by atoms with Gasteiger partial charge in [0.1, 0.15) is 0 Å². The summed E-state index contributed by atoms with van der Waals surface area (Å²) in [4.78, 5) is 16.6. The van der Waals surface area contributed by atoms with Crippen molar-refractivity contribution in [2.75, 3.05) is 46.9 Å². The lowest BCUT2D eigenvalue weighted by atomic mass is 9.92. The van der Waals surface area contributed by atoms with Crippen molar-refractivity contribution in [3.63, 3.8) is 0 Å². The van der Waals surface area contributed by atoms with Crippen LogP contribution in [-0.4, -0.2) is 68.8 Å². The molecule has 2 aliphatic rings. The molecule has 0 radical (unpaired) electrons. The largest absolute Gasteiger partial charge is 0.381 e. The Morgan fingerprint density at radius 3 is 2.64 bits per heavy atom. The molecule has 1 N–H and O–H groups in total. The number of urea groups is 1. The SMILES string of the molecule is CC(NC(=O)N1CCC(CCCN(C)C)CC1)C1CCOC1. The van der Waals surface area contributed by atoms with Gasteiger partial charge in [-0.05, 0) is 65.6 Å². The van der Waals surface area contributed by atoms with Gasteiger partial charge in [0.15, 0.2) is 0 Å². The highest BCUT2D eigenvalue weighted by atomic mass is 16.5. The third-order valence-corrected chi connectivity index (χ3v) is 5.14. The molecule has 0 aliphatic carbocycles. The summed E-state index contributed by atoms with van der Waals surface area (Å²) in [6.45, 7) is 6.71.